The van der Waals surface area contributed by atoms with Gasteiger partial charge in [-0.3, -0.25) is 19.4 Å². The van der Waals surface area contributed by atoms with Gasteiger partial charge in [0, 0.05) is 12.7 Å². The van der Waals surface area contributed by atoms with Gasteiger partial charge in [0.15, 0.2) is 0 Å². The van der Waals surface area contributed by atoms with E-state index in [9.17, 15) is 9.59 Å². The Morgan fingerprint density at radius 2 is 2.21 bits per heavy atom. The molecule has 1 rings (SSSR count). The predicted octanol–water partition coefficient (Wildman–Crippen LogP) is 0.600. The molecule has 0 fully saturated rings. The molecule has 2 N–H and O–H groups in total. The van der Waals surface area contributed by atoms with Crippen LogP contribution >= 0.6 is 0 Å². The van der Waals surface area contributed by atoms with Crippen molar-refractivity contribution in [3.05, 3.63) is 21.6 Å². The third-order valence-corrected chi connectivity index (χ3v) is 2.33. The van der Waals surface area contributed by atoms with Gasteiger partial charge >= 0.3 is 5.97 Å². The Hall–Kier alpha value is -1.52. The summed E-state index contributed by atoms with van der Waals surface area (Å²) < 4.78 is 1.30. The Morgan fingerprint density at radius 1 is 1.64 bits per heavy atom. The molecule has 0 bridgehead atoms. The zero-order valence-corrected chi connectivity index (χ0v) is 8.50. The minimum atomic E-state index is -0.952. The summed E-state index contributed by atoms with van der Waals surface area (Å²) in [5.41, 5.74) is 0.742. The fourth-order valence-corrected chi connectivity index (χ4v) is 1.62. The number of carboxylic acid groups (broad SMARTS) is 1. The van der Waals surface area contributed by atoms with Crippen molar-refractivity contribution in [1.29, 1.82) is 0 Å². The van der Waals surface area contributed by atoms with Crippen molar-refractivity contribution in [1.82, 2.24) is 9.78 Å². The number of aromatic nitrogens is 2. The van der Waals surface area contributed by atoms with E-state index in [1.54, 1.807) is 20.9 Å². The van der Waals surface area contributed by atoms with Crippen LogP contribution in [0.3, 0.4) is 0 Å². The molecule has 14 heavy (non-hydrogen) atoms. The number of aromatic amines is 1. The van der Waals surface area contributed by atoms with Crippen LogP contribution in [0.2, 0.25) is 0 Å². The van der Waals surface area contributed by atoms with E-state index in [1.165, 1.54) is 4.68 Å². The summed E-state index contributed by atoms with van der Waals surface area (Å²) >= 11 is 0. The molecule has 0 aliphatic heterocycles. The van der Waals surface area contributed by atoms with Crippen molar-refractivity contribution in [2.75, 3.05) is 0 Å². The predicted molar refractivity (Wildman–Crippen MR) is 51.4 cm³/mol. The van der Waals surface area contributed by atoms with Crippen molar-refractivity contribution in [2.45, 2.75) is 26.2 Å². The Balaban J connectivity index is 3.29. The molecule has 1 atom stereocenters. The van der Waals surface area contributed by atoms with Crippen LogP contribution in [0.5, 0.6) is 0 Å². The molecule has 0 aromatic carbocycles. The number of aliphatic carboxylic acids is 1. The zero-order valence-electron chi connectivity index (χ0n) is 8.50. The Labute approximate surface area is 81.3 Å². The topological polar surface area (TPSA) is 75.1 Å². The summed E-state index contributed by atoms with van der Waals surface area (Å²) in [6.45, 7) is 3.47. The van der Waals surface area contributed by atoms with Gasteiger partial charge in [-0.2, -0.15) is 0 Å². The molecule has 0 saturated carbocycles. The average Bonchev–Trinajstić information content (AvgIpc) is 2.32. The molecule has 78 valence electrons. The Morgan fingerprint density at radius 3 is 2.50 bits per heavy atom. The number of nitrogens with one attached hydrogen (secondary N) is 1. The highest BCUT2D eigenvalue weighted by molar-refractivity contribution is 5.76. The first-order valence-corrected chi connectivity index (χ1v) is 4.47. The first-order valence-electron chi connectivity index (χ1n) is 4.47. The van der Waals surface area contributed by atoms with Crippen molar-refractivity contribution >= 4 is 5.97 Å². The summed E-state index contributed by atoms with van der Waals surface area (Å²) in [6.07, 6.45) is 0.420. The van der Waals surface area contributed by atoms with Crippen LogP contribution in [0.15, 0.2) is 4.79 Å². The molecule has 0 aliphatic rings. The molecule has 0 spiro atoms. The molecular formula is C9H14N2O3. The number of carbonyl (C=O) groups is 1. The van der Waals surface area contributed by atoms with Gasteiger partial charge in [0.05, 0.1) is 11.5 Å². The van der Waals surface area contributed by atoms with E-state index in [0.29, 0.717) is 17.7 Å². The first kappa shape index (κ1) is 10.6. The van der Waals surface area contributed by atoms with Crippen molar-refractivity contribution < 1.29 is 9.90 Å². The number of hydrogen-bond donors (Lipinski definition) is 2. The number of aryl methyl sites for hydroxylation is 2. The van der Waals surface area contributed by atoms with Crippen LogP contribution in [0.1, 0.15) is 30.5 Å². The third-order valence-electron chi connectivity index (χ3n) is 2.33. The molecule has 1 aromatic rings. The van der Waals surface area contributed by atoms with Crippen LogP contribution in [-0.4, -0.2) is 20.9 Å². The van der Waals surface area contributed by atoms with Gasteiger partial charge in [-0.15, -0.1) is 0 Å². The smallest absolute Gasteiger partial charge is 0.311 e. The second-order valence-corrected chi connectivity index (χ2v) is 3.31. The van der Waals surface area contributed by atoms with Gasteiger partial charge in [-0.1, -0.05) is 6.92 Å². The van der Waals surface area contributed by atoms with Crippen LogP contribution < -0.4 is 5.56 Å². The second-order valence-electron chi connectivity index (χ2n) is 3.31. The molecule has 1 unspecified atom stereocenters. The molecule has 0 amide bonds. The van der Waals surface area contributed by atoms with E-state index < -0.39 is 11.9 Å². The van der Waals surface area contributed by atoms with Crippen molar-refractivity contribution in [3.8, 4) is 0 Å². The molecule has 0 aliphatic carbocycles. The van der Waals surface area contributed by atoms with E-state index in [-0.39, 0.29) is 5.56 Å². The van der Waals surface area contributed by atoms with Crippen LogP contribution in [0.25, 0.3) is 0 Å². The lowest BCUT2D eigenvalue weighted by Crippen LogP contribution is -2.22. The third kappa shape index (κ3) is 1.57. The summed E-state index contributed by atoms with van der Waals surface area (Å²) in [7, 11) is 1.58. The second kappa shape index (κ2) is 3.69. The van der Waals surface area contributed by atoms with E-state index >= 15 is 0 Å². The zero-order chi connectivity index (χ0) is 10.9. The molecule has 0 radical (unpaired) electrons. The van der Waals surface area contributed by atoms with Crippen molar-refractivity contribution in [3.63, 3.8) is 0 Å². The summed E-state index contributed by atoms with van der Waals surface area (Å²) in [5, 5.41) is 11.7. The van der Waals surface area contributed by atoms with E-state index in [0.717, 1.165) is 0 Å². The normalized spacial score (nSPS) is 12.8. The maximum atomic E-state index is 11.6. The highest BCUT2D eigenvalue weighted by atomic mass is 16.4. The Kier molecular flexibility index (Phi) is 2.78. The van der Waals surface area contributed by atoms with Crippen LogP contribution in [0.4, 0.5) is 0 Å². The molecule has 1 aromatic heterocycles. The molecule has 0 saturated heterocycles. The molecular weight excluding hydrogens is 184 g/mol. The van der Waals surface area contributed by atoms with Crippen LogP contribution in [0, 0.1) is 6.92 Å². The van der Waals surface area contributed by atoms with Gasteiger partial charge in [-0.25, -0.2) is 0 Å². The fourth-order valence-electron chi connectivity index (χ4n) is 1.62. The van der Waals surface area contributed by atoms with Gasteiger partial charge < -0.3 is 5.11 Å². The number of nitrogens with zero attached hydrogens (tertiary/aromatic N) is 1. The van der Waals surface area contributed by atoms with Gasteiger partial charge in [-0.05, 0) is 13.3 Å². The van der Waals surface area contributed by atoms with E-state index in [4.69, 9.17) is 5.11 Å². The van der Waals surface area contributed by atoms with Crippen molar-refractivity contribution in [2.24, 2.45) is 7.05 Å². The lowest BCUT2D eigenvalue weighted by Gasteiger charge is -2.06. The van der Waals surface area contributed by atoms with E-state index in [2.05, 4.69) is 5.10 Å². The average molecular weight is 198 g/mol. The number of rotatable bonds is 3. The van der Waals surface area contributed by atoms with E-state index in [1.807, 2.05) is 0 Å². The maximum Gasteiger partial charge on any atom is 0.311 e. The first-order chi connectivity index (χ1) is 6.49. The van der Waals surface area contributed by atoms with Gasteiger partial charge in [0.25, 0.3) is 5.56 Å². The lowest BCUT2D eigenvalue weighted by molar-refractivity contribution is -0.138. The number of hydrogen-bond acceptors (Lipinski definition) is 2. The summed E-state index contributed by atoms with van der Waals surface area (Å²) in [5.74, 6) is -1.66. The highest BCUT2D eigenvalue weighted by Gasteiger charge is 2.24. The van der Waals surface area contributed by atoms with Gasteiger partial charge in [0.2, 0.25) is 0 Å². The number of H-pyrrole nitrogens is 1. The quantitative estimate of drug-likeness (QED) is 0.746. The summed E-state index contributed by atoms with van der Waals surface area (Å²) in [4.78, 5) is 22.4. The molecule has 5 heteroatoms. The minimum absolute atomic E-state index is 0.253. The standard InChI is InChI=1S/C9H14N2O3/c1-4-6(9(13)14)7-5(2)10-11(3)8(7)12/h6,10H,4H2,1-3H3,(H,13,14). The molecule has 1 heterocycles. The highest BCUT2D eigenvalue weighted by Crippen LogP contribution is 2.18. The largest absolute Gasteiger partial charge is 0.481 e. The van der Waals surface area contributed by atoms with Crippen LogP contribution in [-0.2, 0) is 11.8 Å². The minimum Gasteiger partial charge on any atom is -0.481 e. The molecule has 5 nitrogen and oxygen atoms in total. The van der Waals surface area contributed by atoms with Gasteiger partial charge in [0.1, 0.15) is 0 Å². The monoisotopic (exact) mass is 198 g/mol. The lowest BCUT2D eigenvalue weighted by atomic mass is 9.97. The number of carboxylic acids is 1. The Bertz CT molecular complexity index is 403. The summed E-state index contributed by atoms with van der Waals surface area (Å²) in [6, 6.07) is 0. The SMILES string of the molecule is CCC(C(=O)O)c1c(C)[nH]n(C)c1=O. The maximum absolute atomic E-state index is 11.6. The fraction of sp³-hybridized carbons (Fsp3) is 0.556.